The largest absolute Gasteiger partial charge is 0.494 e. The average molecular weight is 329 g/mol. The van der Waals surface area contributed by atoms with E-state index in [1.165, 1.54) is 0 Å². The Morgan fingerprint density at radius 2 is 2.33 bits per heavy atom. The predicted octanol–water partition coefficient (Wildman–Crippen LogP) is 3.43. The van der Waals surface area contributed by atoms with Gasteiger partial charge in [0.05, 0.1) is 18.3 Å². The van der Waals surface area contributed by atoms with Crippen molar-refractivity contribution in [2.45, 2.75) is 39.3 Å². The Morgan fingerprint density at radius 3 is 3.08 bits per heavy atom. The van der Waals surface area contributed by atoms with Crippen molar-refractivity contribution in [3.05, 3.63) is 47.3 Å². The molecule has 0 unspecified atom stereocenters. The summed E-state index contributed by atoms with van der Waals surface area (Å²) in [7, 11) is 0. The highest BCUT2D eigenvalue weighted by molar-refractivity contribution is 5.75. The Morgan fingerprint density at radius 1 is 1.46 bits per heavy atom. The smallest absolute Gasteiger partial charge is 0.318 e. The summed E-state index contributed by atoms with van der Waals surface area (Å²) >= 11 is 0. The fraction of sp³-hybridized carbons (Fsp3) is 0.444. The number of aryl methyl sites for hydroxylation is 1. The summed E-state index contributed by atoms with van der Waals surface area (Å²) in [5, 5.41) is 6.91. The molecule has 128 valence electrons. The van der Waals surface area contributed by atoms with Gasteiger partial charge in [-0.2, -0.15) is 0 Å². The number of rotatable bonds is 5. The van der Waals surface area contributed by atoms with E-state index in [4.69, 9.17) is 9.26 Å². The van der Waals surface area contributed by atoms with Gasteiger partial charge in [-0.3, -0.25) is 0 Å². The highest BCUT2D eigenvalue weighted by Crippen LogP contribution is 2.32. The predicted molar refractivity (Wildman–Crippen MR) is 89.8 cm³/mol. The van der Waals surface area contributed by atoms with Gasteiger partial charge in [0.15, 0.2) is 5.76 Å². The summed E-state index contributed by atoms with van der Waals surface area (Å²) in [6.07, 6.45) is 1.87. The highest BCUT2D eigenvalue weighted by atomic mass is 16.5. The second-order valence-corrected chi connectivity index (χ2v) is 5.96. The van der Waals surface area contributed by atoms with E-state index in [1.807, 2.05) is 49.1 Å². The number of ether oxygens (including phenoxy) is 1. The van der Waals surface area contributed by atoms with E-state index in [0.717, 1.165) is 42.2 Å². The number of benzene rings is 1. The van der Waals surface area contributed by atoms with Gasteiger partial charge in [-0.1, -0.05) is 17.3 Å². The number of likely N-dealkylation sites (tertiary alicyclic amines) is 1. The monoisotopic (exact) mass is 329 g/mol. The molecule has 0 spiro atoms. The van der Waals surface area contributed by atoms with Gasteiger partial charge >= 0.3 is 6.03 Å². The molecule has 3 rings (SSSR count). The van der Waals surface area contributed by atoms with E-state index in [9.17, 15) is 4.79 Å². The number of nitrogens with zero attached hydrogens (tertiary/aromatic N) is 2. The molecule has 0 radical (unpaired) electrons. The summed E-state index contributed by atoms with van der Waals surface area (Å²) in [5.41, 5.74) is 1.85. The maximum Gasteiger partial charge on any atom is 0.318 e. The van der Waals surface area contributed by atoms with Crippen LogP contribution in [0.3, 0.4) is 0 Å². The van der Waals surface area contributed by atoms with Crippen LogP contribution in [0.1, 0.15) is 42.8 Å². The van der Waals surface area contributed by atoms with Gasteiger partial charge < -0.3 is 19.5 Å². The van der Waals surface area contributed by atoms with Gasteiger partial charge in [0.1, 0.15) is 5.75 Å². The molecule has 0 saturated carbocycles. The second kappa shape index (κ2) is 7.38. The lowest BCUT2D eigenvalue weighted by atomic mass is 10.1. The third-order valence-corrected chi connectivity index (χ3v) is 4.14. The van der Waals surface area contributed by atoms with Gasteiger partial charge in [0, 0.05) is 19.2 Å². The number of hydrogen-bond acceptors (Lipinski definition) is 4. The highest BCUT2D eigenvalue weighted by Gasteiger charge is 2.32. The zero-order valence-electron chi connectivity index (χ0n) is 14.1. The molecule has 6 heteroatoms. The van der Waals surface area contributed by atoms with Crippen molar-refractivity contribution < 1.29 is 14.1 Å². The number of amides is 2. The number of hydrogen-bond donors (Lipinski definition) is 1. The number of carbonyl (C=O) groups excluding carboxylic acids is 1. The topological polar surface area (TPSA) is 67.6 Å². The van der Waals surface area contributed by atoms with Crippen LogP contribution in [0, 0.1) is 6.92 Å². The zero-order chi connectivity index (χ0) is 16.9. The van der Waals surface area contributed by atoms with Crippen molar-refractivity contribution in [1.29, 1.82) is 0 Å². The first kappa shape index (κ1) is 16.4. The zero-order valence-corrected chi connectivity index (χ0v) is 14.1. The normalized spacial score (nSPS) is 17.1. The van der Waals surface area contributed by atoms with Crippen molar-refractivity contribution in [2.24, 2.45) is 0 Å². The lowest BCUT2D eigenvalue weighted by Crippen LogP contribution is -2.39. The number of carbonyl (C=O) groups is 1. The molecule has 2 amide bonds. The molecule has 1 N–H and O–H groups in total. The Labute approximate surface area is 141 Å². The van der Waals surface area contributed by atoms with Gasteiger partial charge in [-0.25, -0.2) is 4.79 Å². The van der Waals surface area contributed by atoms with Gasteiger partial charge in [0.25, 0.3) is 0 Å². The molecule has 2 aromatic rings. The molecule has 1 atom stereocenters. The molecule has 1 fully saturated rings. The molecule has 24 heavy (non-hydrogen) atoms. The molecule has 2 heterocycles. The summed E-state index contributed by atoms with van der Waals surface area (Å²) in [6.45, 7) is 5.67. The lowest BCUT2D eigenvalue weighted by molar-refractivity contribution is 0.182. The third kappa shape index (κ3) is 3.69. The first-order valence-electron chi connectivity index (χ1n) is 8.37. The first-order valence-corrected chi connectivity index (χ1v) is 8.37. The molecule has 1 aromatic heterocycles. The summed E-state index contributed by atoms with van der Waals surface area (Å²) in [6, 6.07) is 9.58. The summed E-state index contributed by atoms with van der Waals surface area (Å²) < 4.78 is 10.8. The van der Waals surface area contributed by atoms with E-state index in [-0.39, 0.29) is 12.1 Å². The number of nitrogens with one attached hydrogen (secondary N) is 1. The van der Waals surface area contributed by atoms with E-state index in [0.29, 0.717) is 13.2 Å². The van der Waals surface area contributed by atoms with Crippen LogP contribution in [-0.2, 0) is 6.54 Å². The molecule has 1 aliphatic heterocycles. The van der Waals surface area contributed by atoms with Crippen LogP contribution >= 0.6 is 0 Å². The van der Waals surface area contributed by atoms with E-state index in [2.05, 4.69) is 10.5 Å². The van der Waals surface area contributed by atoms with Crippen LogP contribution in [0.2, 0.25) is 0 Å². The SMILES string of the molecule is CCOc1cccc(CNC(=O)N2CCC[C@H]2c2cc(C)no2)c1. The summed E-state index contributed by atoms with van der Waals surface area (Å²) in [5.74, 6) is 1.58. The minimum atomic E-state index is -0.0756. The van der Waals surface area contributed by atoms with Crippen LogP contribution in [-0.4, -0.2) is 29.2 Å². The maximum absolute atomic E-state index is 12.5. The molecule has 1 aliphatic rings. The van der Waals surface area contributed by atoms with Crippen LogP contribution in [0.4, 0.5) is 4.79 Å². The van der Waals surface area contributed by atoms with Crippen molar-refractivity contribution in [1.82, 2.24) is 15.4 Å². The van der Waals surface area contributed by atoms with Crippen molar-refractivity contribution in [2.75, 3.05) is 13.2 Å². The molecule has 0 bridgehead atoms. The number of urea groups is 1. The molecule has 1 aromatic carbocycles. The Kier molecular flexibility index (Phi) is 5.03. The van der Waals surface area contributed by atoms with Gasteiger partial charge in [-0.05, 0) is 44.4 Å². The molecule has 1 saturated heterocycles. The Balaban J connectivity index is 1.61. The Bertz CT molecular complexity index is 698. The Hall–Kier alpha value is -2.50. The minimum Gasteiger partial charge on any atom is -0.494 e. The van der Waals surface area contributed by atoms with Crippen molar-refractivity contribution in [3.8, 4) is 5.75 Å². The fourth-order valence-corrected chi connectivity index (χ4v) is 3.04. The van der Waals surface area contributed by atoms with Crippen LogP contribution in [0.25, 0.3) is 0 Å². The standard InChI is InChI=1S/C18H23N3O3/c1-3-23-15-7-4-6-14(11-15)12-19-18(22)21-9-5-8-16(21)17-10-13(2)20-24-17/h4,6-7,10-11,16H,3,5,8-9,12H2,1-2H3,(H,19,22)/t16-/m0/s1. The quantitative estimate of drug-likeness (QED) is 0.912. The molecule has 0 aliphatic carbocycles. The number of aromatic nitrogens is 1. The van der Waals surface area contributed by atoms with Gasteiger partial charge in [-0.15, -0.1) is 0 Å². The van der Waals surface area contributed by atoms with E-state index in [1.54, 1.807) is 0 Å². The molecular formula is C18H23N3O3. The third-order valence-electron chi connectivity index (χ3n) is 4.14. The van der Waals surface area contributed by atoms with Crippen LogP contribution in [0.5, 0.6) is 5.75 Å². The minimum absolute atomic E-state index is 0.0269. The van der Waals surface area contributed by atoms with Crippen molar-refractivity contribution in [3.63, 3.8) is 0 Å². The average Bonchev–Trinajstić information content (AvgIpc) is 3.22. The van der Waals surface area contributed by atoms with E-state index >= 15 is 0 Å². The van der Waals surface area contributed by atoms with Gasteiger partial charge in [0.2, 0.25) is 0 Å². The van der Waals surface area contributed by atoms with Crippen LogP contribution < -0.4 is 10.1 Å². The summed E-state index contributed by atoms with van der Waals surface area (Å²) in [4.78, 5) is 14.4. The van der Waals surface area contributed by atoms with E-state index < -0.39 is 0 Å². The van der Waals surface area contributed by atoms with Crippen molar-refractivity contribution >= 4 is 6.03 Å². The maximum atomic E-state index is 12.5. The van der Waals surface area contributed by atoms with Crippen LogP contribution in [0.15, 0.2) is 34.9 Å². The molecular weight excluding hydrogens is 306 g/mol. The lowest BCUT2D eigenvalue weighted by Gasteiger charge is -2.23. The molecule has 6 nitrogen and oxygen atoms in total. The second-order valence-electron chi connectivity index (χ2n) is 5.96. The first-order chi connectivity index (χ1) is 11.7. The fourth-order valence-electron chi connectivity index (χ4n) is 3.04.